The Kier molecular flexibility index (Phi) is 4.57. The molecule has 0 atom stereocenters. The van der Waals surface area contributed by atoms with Crippen LogP contribution in [0.25, 0.3) is 33.7 Å². The van der Waals surface area contributed by atoms with Crippen LogP contribution in [0.2, 0.25) is 5.02 Å². The van der Waals surface area contributed by atoms with Gasteiger partial charge in [0.05, 0.1) is 11.4 Å². The Morgan fingerprint density at radius 1 is 0.964 bits per heavy atom. The van der Waals surface area contributed by atoms with E-state index >= 15 is 0 Å². The van der Waals surface area contributed by atoms with Crippen molar-refractivity contribution in [3.63, 3.8) is 0 Å². The molecule has 1 aromatic carbocycles. The largest absolute Gasteiger partial charge is 0.311 e. The summed E-state index contributed by atoms with van der Waals surface area (Å²) in [5.74, 6) is 0. The van der Waals surface area contributed by atoms with Crippen molar-refractivity contribution in [3.05, 3.63) is 80.5 Å². The zero-order valence-electron chi connectivity index (χ0n) is 15.3. The van der Waals surface area contributed by atoms with Crippen molar-refractivity contribution in [2.75, 3.05) is 0 Å². The summed E-state index contributed by atoms with van der Waals surface area (Å²) < 4.78 is 1.57. The molecule has 0 bridgehead atoms. The number of benzene rings is 1. The average molecular weight is 393 g/mol. The van der Waals surface area contributed by atoms with E-state index in [9.17, 15) is 9.59 Å². The summed E-state index contributed by atoms with van der Waals surface area (Å²) in [5.41, 5.74) is 3.16. The van der Waals surface area contributed by atoms with Gasteiger partial charge in [-0.2, -0.15) is 0 Å². The van der Waals surface area contributed by atoms with E-state index in [2.05, 4.69) is 9.97 Å². The highest BCUT2D eigenvalue weighted by Crippen LogP contribution is 2.31. The van der Waals surface area contributed by atoms with Gasteiger partial charge in [-0.25, -0.2) is 9.97 Å². The number of aromatic nitrogens is 4. The zero-order valence-corrected chi connectivity index (χ0v) is 16.1. The van der Waals surface area contributed by atoms with Crippen molar-refractivity contribution in [1.82, 2.24) is 19.5 Å². The molecule has 0 aliphatic rings. The van der Waals surface area contributed by atoms with Gasteiger partial charge in [0.2, 0.25) is 5.56 Å². The predicted octanol–water partition coefficient (Wildman–Crippen LogP) is 4.05. The summed E-state index contributed by atoms with van der Waals surface area (Å²) in [6.45, 7) is 3.83. The lowest BCUT2D eigenvalue weighted by Crippen LogP contribution is -2.22. The normalized spacial score (nSPS) is 11.3. The van der Waals surface area contributed by atoms with Gasteiger partial charge in [-0.05, 0) is 26.0 Å². The molecule has 140 valence electrons. The molecular weight excluding hydrogens is 376 g/mol. The van der Waals surface area contributed by atoms with Gasteiger partial charge in [-0.1, -0.05) is 41.9 Å². The Labute approximate surface area is 165 Å². The fraction of sp³-hybridized carbons (Fsp3) is 0.143. The van der Waals surface area contributed by atoms with Gasteiger partial charge >= 0.3 is 0 Å². The molecule has 0 aliphatic carbocycles. The van der Waals surface area contributed by atoms with Gasteiger partial charge in [0.15, 0.2) is 5.65 Å². The topological polar surface area (TPSA) is 80.6 Å². The maximum Gasteiger partial charge on any atom is 0.269 e. The molecule has 0 spiro atoms. The number of halogens is 1. The van der Waals surface area contributed by atoms with Crippen LogP contribution in [0, 0.1) is 0 Å². The Morgan fingerprint density at radius 3 is 2.39 bits per heavy atom. The van der Waals surface area contributed by atoms with Gasteiger partial charge in [-0.15, -0.1) is 0 Å². The Morgan fingerprint density at radius 2 is 1.68 bits per heavy atom. The maximum atomic E-state index is 12.4. The first-order valence-corrected chi connectivity index (χ1v) is 9.20. The molecule has 0 fully saturated rings. The zero-order chi connectivity index (χ0) is 19.8. The van der Waals surface area contributed by atoms with Gasteiger partial charge < -0.3 is 9.55 Å². The van der Waals surface area contributed by atoms with Gasteiger partial charge in [0.1, 0.15) is 10.5 Å². The van der Waals surface area contributed by atoms with Crippen LogP contribution >= 0.6 is 11.6 Å². The second-order valence-corrected chi connectivity index (χ2v) is 7.13. The van der Waals surface area contributed by atoms with Crippen LogP contribution in [-0.2, 0) is 0 Å². The minimum absolute atomic E-state index is 0.0603. The van der Waals surface area contributed by atoms with Crippen LogP contribution in [0.1, 0.15) is 19.9 Å². The standard InChI is InChI=1S/C21H17ClN4O2/c1-12(2)26-11-14(10-15(22)21(26)28)19-18(13-6-4-3-5-7-13)25-20-16(23-19)8-9-17(27)24-20/h3-12H,1-2H3,(H,24,25,27). The number of nitrogens with one attached hydrogen (secondary N) is 1. The first-order valence-electron chi connectivity index (χ1n) is 8.82. The van der Waals surface area contributed by atoms with Crippen molar-refractivity contribution in [2.45, 2.75) is 19.9 Å². The molecule has 0 radical (unpaired) electrons. The molecule has 6 nitrogen and oxygen atoms in total. The smallest absolute Gasteiger partial charge is 0.269 e. The second kappa shape index (κ2) is 7.05. The second-order valence-electron chi connectivity index (χ2n) is 6.73. The molecule has 0 saturated heterocycles. The third-order valence-electron chi connectivity index (χ3n) is 4.43. The molecule has 3 heterocycles. The summed E-state index contributed by atoms with van der Waals surface area (Å²) in [4.78, 5) is 36.2. The molecule has 0 unspecified atom stereocenters. The van der Waals surface area contributed by atoms with Gasteiger partial charge in [-0.3, -0.25) is 9.59 Å². The quantitative estimate of drug-likeness (QED) is 0.570. The first-order chi connectivity index (χ1) is 13.4. The van der Waals surface area contributed by atoms with Crippen molar-refractivity contribution in [1.29, 1.82) is 0 Å². The number of hydrogen-bond acceptors (Lipinski definition) is 4. The highest BCUT2D eigenvalue weighted by atomic mass is 35.5. The van der Waals surface area contributed by atoms with E-state index in [0.717, 1.165) is 5.56 Å². The fourth-order valence-corrected chi connectivity index (χ4v) is 3.26. The summed E-state index contributed by atoms with van der Waals surface area (Å²) in [5, 5.41) is 0.119. The molecule has 4 rings (SSSR count). The first kappa shape index (κ1) is 18.1. The highest BCUT2D eigenvalue weighted by Gasteiger charge is 2.17. The van der Waals surface area contributed by atoms with E-state index in [-0.39, 0.29) is 22.2 Å². The molecule has 1 N–H and O–H groups in total. The number of rotatable bonds is 3. The number of H-pyrrole nitrogens is 1. The molecule has 28 heavy (non-hydrogen) atoms. The number of hydrogen-bond donors (Lipinski definition) is 1. The lowest BCUT2D eigenvalue weighted by molar-refractivity contribution is 0.579. The summed E-state index contributed by atoms with van der Waals surface area (Å²) in [6.07, 6.45) is 1.74. The van der Waals surface area contributed by atoms with Crippen LogP contribution in [0.3, 0.4) is 0 Å². The van der Waals surface area contributed by atoms with Crippen LogP contribution in [0.15, 0.2) is 64.3 Å². The lowest BCUT2D eigenvalue weighted by Gasteiger charge is -2.15. The molecule has 7 heteroatoms. The Hall–Kier alpha value is -3.25. The number of pyridine rings is 2. The van der Waals surface area contributed by atoms with Crippen LogP contribution in [0.5, 0.6) is 0 Å². The number of nitrogens with zero attached hydrogens (tertiary/aromatic N) is 3. The highest BCUT2D eigenvalue weighted by molar-refractivity contribution is 6.30. The summed E-state index contributed by atoms with van der Waals surface area (Å²) in [7, 11) is 0. The van der Waals surface area contributed by atoms with Gasteiger partial charge in [0.25, 0.3) is 5.56 Å². The van der Waals surface area contributed by atoms with E-state index in [0.29, 0.717) is 28.1 Å². The Balaban J connectivity index is 2.07. The molecule has 0 aliphatic heterocycles. The molecule has 0 amide bonds. The third-order valence-corrected chi connectivity index (χ3v) is 4.70. The van der Waals surface area contributed by atoms with Crippen LogP contribution in [-0.4, -0.2) is 19.5 Å². The minimum Gasteiger partial charge on any atom is -0.311 e. The molecule has 0 saturated carbocycles. The van der Waals surface area contributed by atoms with E-state index in [1.807, 2.05) is 44.2 Å². The minimum atomic E-state index is -0.250. The maximum absolute atomic E-state index is 12.4. The van der Waals surface area contributed by atoms with Crippen molar-refractivity contribution in [2.24, 2.45) is 0 Å². The molecule has 4 aromatic rings. The van der Waals surface area contributed by atoms with Crippen molar-refractivity contribution < 1.29 is 0 Å². The third kappa shape index (κ3) is 3.23. The predicted molar refractivity (Wildman–Crippen MR) is 111 cm³/mol. The SMILES string of the molecule is CC(C)n1cc(-c2nc3ccc(=O)[nH]c3nc2-c2ccccc2)cc(Cl)c1=O. The fourth-order valence-electron chi connectivity index (χ4n) is 3.05. The molecular formula is C21H17ClN4O2. The van der Waals surface area contributed by atoms with E-state index in [1.54, 1.807) is 22.9 Å². The van der Waals surface area contributed by atoms with E-state index in [1.165, 1.54) is 6.07 Å². The van der Waals surface area contributed by atoms with E-state index in [4.69, 9.17) is 16.6 Å². The van der Waals surface area contributed by atoms with E-state index < -0.39 is 0 Å². The Bertz CT molecular complexity index is 1290. The molecule has 3 aromatic heterocycles. The van der Waals surface area contributed by atoms with Crippen molar-refractivity contribution in [3.8, 4) is 22.5 Å². The summed E-state index contributed by atoms with van der Waals surface area (Å²) in [6, 6.07) is 14.1. The van der Waals surface area contributed by atoms with Crippen LogP contribution < -0.4 is 11.1 Å². The van der Waals surface area contributed by atoms with Crippen molar-refractivity contribution >= 4 is 22.8 Å². The van der Waals surface area contributed by atoms with Crippen LogP contribution in [0.4, 0.5) is 0 Å². The monoisotopic (exact) mass is 392 g/mol. The summed E-state index contributed by atoms with van der Waals surface area (Å²) >= 11 is 6.22. The number of fused-ring (bicyclic) bond motifs is 1. The van der Waals surface area contributed by atoms with Gasteiger partial charge in [0, 0.05) is 29.4 Å². The lowest BCUT2D eigenvalue weighted by atomic mass is 10.0. The average Bonchev–Trinajstić information content (AvgIpc) is 2.69. The number of aromatic amines is 1.